The number of nitrogens with zero attached hydrogens (tertiary/aromatic N) is 2. The third-order valence-corrected chi connectivity index (χ3v) is 3.06. The number of hydrogen-bond acceptors (Lipinski definition) is 5. The molecule has 2 N–H and O–H groups in total. The lowest BCUT2D eigenvalue weighted by molar-refractivity contribution is 0.120. The molecule has 1 aliphatic heterocycles. The minimum absolute atomic E-state index is 0.322. The van der Waals surface area contributed by atoms with Gasteiger partial charge in [0.2, 0.25) is 0 Å². The van der Waals surface area contributed by atoms with Crippen molar-refractivity contribution in [3.05, 3.63) is 11.9 Å². The standard InChI is InChI=1S/C14H24N4O/c1-10(2)8-15-13-7-14(18-11(3)17-13)16-9-12-5-4-6-19-12/h7,10,12H,4-6,8-9H2,1-3H3,(H2,15,16,17,18). The zero-order valence-corrected chi connectivity index (χ0v) is 12.1. The Labute approximate surface area is 115 Å². The van der Waals surface area contributed by atoms with Crippen LogP contribution in [0.2, 0.25) is 0 Å². The van der Waals surface area contributed by atoms with Gasteiger partial charge in [-0.3, -0.25) is 0 Å². The zero-order valence-electron chi connectivity index (χ0n) is 12.1. The molecule has 1 aromatic rings. The number of hydrogen-bond donors (Lipinski definition) is 2. The summed E-state index contributed by atoms with van der Waals surface area (Å²) < 4.78 is 5.59. The molecule has 2 heterocycles. The Morgan fingerprint density at radius 1 is 1.32 bits per heavy atom. The predicted molar refractivity (Wildman–Crippen MR) is 77.6 cm³/mol. The van der Waals surface area contributed by atoms with Gasteiger partial charge >= 0.3 is 0 Å². The van der Waals surface area contributed by atoms with Crippen LogP contribution in [0.15, 0.2) is 6.07 Å². The molecular weight excluding hydrogens is 240 g/mol. The van der Waals surface area contributed by atoms with Gasteiger partial charge in [-0.15, -0.1) is 0 Å². The summed E-state index contributed by atoms with van der Waals surface area (Å²) in [5, 5.41) is 6.67. The topological polar surface area (TPSA) is 59.1 Å². The van der Waals surface area contributed by atoms with Gasteiger partial charge in [0.15, 0.2) is 0 Å². The van der Waals surface area contributed by atoms with Crippen LogP contribution in [-0.2, 0) is 4.74 Å². The number of aromatic nitrogens is 2. The van der Waals surface area contributed by atoms with Crippen LogP contribution >= 0.6 is 0 Å². The molecule has 5 nitrogen and oxygen atoms in total. The van der Waals surface area contributed by atoms with Crippen LogP contribution in [-0.4, -0.2) is 35.8 Å². The van der Waals surface area contributed by atoms with E-state index < -0.39 is 0 Å². The molecule has 1 aromatic heterocycles. The van der Waals surface area contributed by atoms with Crippen molar-refractivity contribution in [1.29, 1.82) is 0 Å². The van der Waals surface area contributed by atoms with Crippen molar-refractivity contribution in [2.75, 3.05) is 30.3 Å². The van der Waals surface area contributed by atoms with Gasteiger partial charge in [0.1, 0.15) is 17.5 Å². The number of rotatable bonds is 6. The summed E-state index contributed by atoms with van der Waals surface area (Å²) in [7, 11) is 0. The first-order valence-electron chi connectivity index (χ1n) is 7.08. The van der Waals surface area contributed by atoms with Gasteiger partial charge in [-0.1, -0.05) is 13.8 Å². The van der Waals surface area contributed by atoms with Crippen molar-refractivity contribution in [3.8, 4) is 0 Å². The van der Waals surface area contributed by atoms with E-state index in [1.54, 1.807) is 0 Å². The van der Waals surface area contributed by atoms with E-state index in [0.717, 1.165) is 50.0 Å². The Bertz CT molecular complexity index is 402. The SMILES string of the molecule is Cc1nc(NCC(C)C)cc(NCC2CCCO2)n1. The summed E-state index contributed by atoms with van der Waals surface area (Å²) in [6.45, 7) is 8.89. The molecule has 5 heteroatoms. The summed E-state index contributed by atoms with van der Waals surface area (Å²) in [5.74, 6) is 3.13. The molecule has 1 unspecified atom stereocenters. The van der Waals surface area contributed by atoms with E-state index in [0.29, 0.717) is 12.0 Å². The molecule has 0 aromatic carbocycles. The van der Waals surface area contributed by atoms with Gasteiger partial charge in [-0.25, -0.2) is 9.97 Å². The smallest absolute Gasteiger partial charge is 0.131 e. The lowest BCUT2D eigenvalue weighted by Gasteiger charge is -2.13. The van der Waals surface area contributed by atoms with E-state index in [-0.39, 0.29) is 0 Å². The van der Waals surface area contributed by atoms with Crippen LogP contribution < -0.4 is 10.6 Å². The van der Waals surface area contributed by atoms with Crippen molar-refractivity contribution in [3.63, 3.8) is 0 Å². The lowest BCUT2D eigenvalue weighted by Crippen LogP contribution is -2.19. The fraction of sp³-hybridized carbons (Fsp3) is 0.714. The molecule has 0 amide bonds. The fourth-order valence-electron chi connectivity index (χ4n) is 2.08. The van der Waals surface area contributed by atoms with Gasteiger partial charge in [-0.2, -0.15) is 0 Å². The molecule has 0 radical (unpaired) electrons. The molecule has 1 saturated heterocycles. The number of anilines is 2. The summed E-state index contributed by atoms with van der Waals surface area (Å²) in [4.78, 5) is 8.80. The quantitative estimate of drug-likeness (QED) is 0.826. The van der Waals surface area contributed by atoms with Crippen LogP contribution in [0.1, 0.15) is 32.5 Å². The van der Waals surface area contributed by atoms with Crippen LogP contribution in [0.25, 0.3) is 0 Å². The molecule has 1 atom stereocenters. The van der Waals surface area contributed by atoms with Gasteiger partial charge in [0.25, 0.3) is 0 Å². The predicted octanol–water partition coefficient (Wildman–Crippen LogP) is 2.44. The molecule has 1 aliphatic rings. The van der Waals surface area contributed by atoms with Crippen LogP contribution in [0, 0.1) is 12.8 Å². The Kier molecular flexibility index (Phi) is 4.96. The Balaban J connectivity index is 1.91. The van der Waals surface area contributed by atoms with Crippen molar-refractivity contribution in [2.45, 2.75) is 39.7 Å². The van der Waals surface area contributed by atoms with Gasteiger partial charge < -0.3 is 15.4 Å². The normalized spacial score (nSPS) is 18.8. The first kappa shape index (κ1) is 14.1. The van der Waals surface area contributed by atoms with E-state index in [2.05, 4.69) is 34.4 Å². The molecule has 0 bridgehead atoms. The van der Waals surface area contributed by atoms with Gasteiger partial charge in [-0.05, 0) is 25.7 Å². The third kappa shape index (κ3) is 4.67. The number of nitrogens with one attached hydrogen (secondary N) is 2. The second-order valence-electron chi connectivity index (χ2n) is 5.48. The third-order valence-electron chi connectivity index (χ3n) is 3.06. The maximum Gasteiger partial charge on any atom is 0.131 e. The van der Waals surface area contributed by atoms with Crippen molar-refractivity contribution < 1.29 is 4.74 Å². The van der Waals surface area contributed by atoms with Crippen LogP contribution in [0.3, 0.4) is 0 Å². The number of aryl methyl sites for hydroxylation is 1. The minimum atomic E-state index is 0.322. The summed E-state index contributed by atoms with van der Waals surface area (Å²) in [6, 6.07) is 1.96. The minimum Gasteiger partial charge on any atom is -0.376 e. The zero-order chi connectivity index (χ0) is 13.7. The van der Waals surface area contributed by atoms with E-state index in [9.17, 15) is 0 Å². The second-order valence-corrected chi connectivity index (χ2v) is 5.48. The van der Waals surface area contributed by atoms with Crippen molar-refractivity contribution >= 4 is 11.6 Å². The molecule has 19 heavy (non-hydrogen) atoms. The molecule has 0 spiro atoms. The first-order chi connectivity index (χ1) is 9.13. The van der Waals surface area contributed by atoms with Crippen LogP contribution in [0.5, 0.6) is 0 Å². The van der Waals surface area contributed by atoms with Gasteiger partial charge in [0, 0.05) is 25.8 Å². The summed E-state index contributed by atoms with van der Waals surface area (Å²) in [5.41, 5.74) is 0. The molecule has 0 saturated carbocycles. The molecule has 2 rings (SSSR count). The first-order valence-corrected chi connectivity index (χ1v) is 7.08. The lowest BCUT2D eigenvalue weighted by atomic mass is 10.2. The molecule has 1 fully saturated rings. The van der Waals surface area contributed by atoms with E-state index in [4.69, 9.17) is 4.74 Å². The molecule has 0 aliphatic carbocycles. The fourth-order valence-corrected chi connectivity index (χ4v) is 2.08. The maximum absolute atomic E-state index is 5.59. The molecule has 106 valence electrons. The highest BCUT2D eigenvalue weighted by Gasteiger charge is 2.15. The molecular formula is C14H24N4O. The summed E-state index contributed by atoms with van der Waals surface area (Å²) in [6.07, 6.45) is 2.62. The van der Waals surface area contributed by atoms with Crippen LogP contribution in [0.4, 0.5) is 11.6 Å². The maximum atomic E-state index is 5.59. The van der Waals surface area contributed by atoms with Gasteiger partial charge in [0.05, 0.1) is 6.10 Å². The highest BCUT2D eigenvalue weighted by molar-refractivity contribution is 5.47. The average molecular weight is 264 g/mol. The number of ether oxygens (including phenoxy) is 1. The second kappa shape index (κ2) is 6.70. The average Bonchev–Trinajstić information content (AvgIpc) is 2.86. The van der Waals surface area contributed by atoms with E-state index in [1.807, 2.05) is 13.0 Å². The highest BCUT2D eigenvalue weighted by Crippen LogP contribution is 2.15. The Hall–Kier alpha value is -1.36. The van der Waals surface area contributed by atoms with E-state index >= 15 is 0 Å². The van der Waals surface area contributed by atoms with Crippen molar-refractivity contribution in [1.82, 2.24) is 9.97 Å². The highest BCUT2D eigenvalue weighted by atomic mass is 16.5. The monoisotopic (exact) mass is 264 g/mol. The summed E-state index contributed by atoms with van der Waals surface area (Å²) >= 11 is 0. The Morgan fingerprint density at radius 3 is 2.68 bits per heavy atom. The van der Waals surface area contributed by atoms with E-state index in [1.165, 1.54) is 0 Å². The van der Waals surface area contributed by atoms with Crippen molar-refractivity contribution in [2.24, 2.45) is 5.92 Å². The largest absolute Gasteiger partial charge is 0.376 e. The Morgan fingerprint density at radius 2 is 2.05 bits per heavy atom.